The van der Waals surface area contributed by atoms with Gasteiger partial charge in [-0.1, -0.05) is 34.1 Å². The summed E-state index contributed by atoms with van der Waals surface area (Å²) in [6.07, 6.45) is 0. The van der Waals surface area contributed by atoms with Crippen molar-refractivity contribution in [2.75, 3.05) is 5.32 Å². The predicted molar refractivity (Wildman–Crippen MR) is 85.2 cm³/mol. The molecule has 0 atom stereocenters. The van der Waals surface area contributed by atoms with E-state index in [4.69, 9.17) is 0 Å². The maximum atomic E-state index is 9.38. The molecule has 3 aromatic rings. The van der Waals surface area contributed by atoms with E-state index >= 15 is 0 Å². The Morgan fingerprint density at radius 3 is 2.75 bits per heavy atom. The topological polar surface area (TPSA) is 51.6 Å². The number of aromatic nitrogens is 1. The van der Waals surface area contributed by atoms with Gasteiger partial charge in [0, 0.05) is 21.1 Å². The zero-order chi connectivity index (χ0) is 14.1. The average Bonchev–Trinajstić information content (AvgIpc) is 2.79. The molecule has 0 aliphatic rings. The maximum Gasteiger partial charge on any atom is 0.127 e. The fourth-order valence-corrected chi connectivity index (χ4v) is 2.73. The van der Waals surface area contributed by atoms with Gasteiger partial charge >= 0.3 is 0 Å². The number of rotatable bonds is 2. The summed E-state index contributed by atoms with van der Waals surface area (Å²) in [5.41, 5.74) is 3.70. The third-order valence-corrected chi connectivity index (χ3v) is 3.76. The highest BCUT2D eigenvalue weighted by Gasteiger charge is 2.11. The Labute approximate surface area is 125 Å². The van der Waals surface area contributed by atoms with Gasteiger partial charge in [-0.15, -0.1) is 0 Å². The lowest BCUT2D eigenvalue weighted by molar-refractivity contribution is 1.36. The molecule has 4 heteroatoms. The van der Waals surface area contributed by atoms with Crippen molar-refractivity contribution in [1.29, 1.82) is 5.26 Å². The Balaban J connectivity index is 2.09. The minimum absolute atomic E-state index is 0.642. The van der Waals surface area contributed by atoms with Crippen LogP contribution in [0.25, 0.3) is 10.9 Å². The van der Waals surface area contributed by atoms with E-state index in [0.717, 1.165) is 32.4 Å². The van der Waals surface area contributed by atoms with Crippen LogP contribution >= 0.6 is 15.9 Å². The van der Waals surface area contributed by atoms with Gasteiger partial charge in [-0.05, 0) is 36.8 Å². The highest BCUT2D eigenvalue weighted by atomic mass is 79.9. The van der Waals surface area contributed by atoms with Crippen molar-refractivity contribution in [2.45, 2.75) is 6.92 Å². The Hall–Kier alpha value is -2.25. The number of aryl methyl sites for hydroxylation is 1. The van der Waals surface area contributed by atoms with Crippen molar-refractivity contribution in [2.24, 2.45) is 0 Å². The number of hydrogen-bond acceptors (Lipinski definition) is 2. The van der Waals surface area contributed by atoms with Crippen LogP contribution in [0.4, 0.5) is 11.5 Å². The largest absolute Gasteiger partial charge is 0.340 e. The first-order valence-electron chi connectivity index (χ1n) is 6.23. The van der Waals surface area contributed by atoms with Crippen molar-refractivity contribution in [3.05, 3.63) is 58.1 Å². The van der Waals surface area contributed by atoms with E-state index in [-0.39, 0.29) is 0 Å². The molecule has 0 saturated carbocycles. The minimum Gasteiger partial charge on any atom is -0.340 e. The number of anilines is 2. The van der Waals surface area contributed by atoms with Crippen LogP contribution in [0, 0.1) is 18.3 Å². The molecular formula is C16H12BrN3. The van der Waals surface area contributed by atoms with Gasteiger partial charge in [0.1, 0.15) is 17.5 Å². The Morgan fingerprint density at radius 1 is 1.20 bits per heavy atom. The molecule has 98 valence electrons. The summed E-state index contributed by atoms with van der Waals surface area (Å²) in [5, 5.41) is 13.6. The quantitative estimate of drug-likeness (QED) is 0.707. The van der Waals surface area contributed by atoms with Crippen molar-refractivity contribution in [1.82, 2.24) is 4.98 Å². The molecule has 0 spiro atoms. The summed E-state index contributed by atoms with van der Waals surface area (Å²) in [4.78, 5) is 3.26. The number of nitrogens with zero attached hydrogens (tertiary/aromatic N) is 1. The summed E-state index contributed by atoms with van der Waals surface area (Å²) in [6, 6.07) is 16.1. The van der Waals surface area contributed by atoms with E-state index in [1.807, 2.05) is 49.4 Å². The van der Waals surface area contributed by atoms with Crippen molar-refractivity contribution >= 4 is 38.3 Å². The van der Waals surface area contributed by atoms with Gasteiger partial charge in [0.25, 0.3) is 0 Å². The molecule has 0 radical (unpaired) electrons. The number of H-pyrrole nitrogens is 1. The lowest BCUT2D eigenvalue weighted by Gasteiger charge is -2.08. The van der Waals surface area contributed by atoms with Gasteiger partial charge < -0.3 is 10.3 Å². The number of fused-ring (bicyclic) bond motifs is 1. The monoisotopic (exact) mass is 325 g/mol. The first-order valence-corrected chi connectivity index (χ1v) is 7.02. The normalized spacial score (nSPS) is 10.4. The third kappa shape index (κ3) is 2.17. The average molecular weight is 326 g/mol. The van der Waals surface area contributed by atoms with E-state index in [1.165, 1.54) is 0 Å². The van der Waals surface area contributed by atoms with Crippen molar-refractivity contribution in [3.63, 3.8) is 0 Å². The number of benzene rings is 2. The SMILES string of the molecule is Cc1cc(Br)ccc1Nc1[nH]c2ccccc2c1C#N. The number of para-hydroxylation sites is 1. The van der Waals surface area contributed by atoms with Crippen LogP contribution in [0.1, 0.15) is 11.1 Å². The van der Waals surface area contributed by atoms with E-state index < -0.39 is 0 Å². The van der Waals surface area contributed by atoms with Gasteiger partial charge in [0.15, 0.2) is 0 Å². The molecule has 0 unspecified atom stereocenters. The third-order valence-electron chi connectivity index (χ3n) is 3.27. The zero-order valence-corrected chi connectivity index (χ0v) is 12.5. The summed E-state index contributed by atoms with van der Waals surface area (Å²) >= 11 is 3.45. The second kappa shape index (κ2) is 5.03. The van der Waals surface area contributed by atoms with Gasteiger partial charge in [0.05, 0.1) is 0 Å². The van der Waals surface area contributed by atoms with Crippen LogP contribution < -0.4 is 5.32 Å². The molecule has 0 aliphatic carbocycles. The molecule has 0 saturated heterocycles. The Kier molecular flexibility index (Phi) is 3.21. The minimum atomic E-state index is 0.642. The van der Waals surface area contributed by atoms with Crippen LogP contribution in [0.15, 0.2) is 46.9 Å². The second-order valence-electron chi connectivity index (χ2n) is 4.62. The smallest absolute Gasteiger partial charge is 0.127 e. The molecule has 0 aliphatic heterocycles. The molecule has 3 rings (SSSR count). The summed E-state index contributed by atoms with van der Waals surface area (Å²) in [6.45, 7) is 2.03. The molecule has 20 heavy (non-hydrogen) atoms. The predicted octanol–water partition coefficient (Wildman–Crippen LogP) is 4.85. The van der Waals surface area contributed by atoms with E-state index in [0.29, 0.717) is 5.56 Å². The number of halogens is 1. The van der Waals surface area contributed by atoms with E-state index in [1.54, 1.807) is 0 Å². The van der Waals surface area contributed by atoms with E-state index in [2.05, 4.69) is 32.3 Å². The molecule has 2 aromatic carbocycles. The van der Waals surface area contributed by atoms with Gasteiger partial charge in [-0.25, -0.2) is 0 Å². The second-order valence-corrected chi connectivity index (χ2v) is 5.53. The van der Waals surface area contributed by atoms with Crippen LogP contribution in [0.3, 0.4) is 0 Å². The highest BCUT2D eigenvalue weighted by Crippen LogP contribution is 2.29. The van der Waals surface area contributed by atoms with Gasteiger partial charge in [-0.2, -0.15) is 5.26 Å². The lowest BCUT2D eigenvalue weighted by atomic mass is 10.1. The first-order chi connectivity index (χ1) is 9.69. The number of aromatic amines is 1. The maximum absolute atomic E-state index is 9.38. The highest BCUT2D eigenvalue weighted by molar-refractivity contribution is 9.10. The fourth-order valence-electron chi connectivity index (χ4n) is 2.25. The molecule has 0 amide bonds. The summed E-state index contributed by atoms with van der Waals surface area (Å²) < 4.78 is 1.04. The number of nitriles is 1. The zero-order valence-electron chi connectivity index (χ0n) is 10.9. The molecule has 1 heterocycles. The first kappa shape index (κ1) is 12.8. The van der Waals surface area contributed by atoms with Crippen molar-refractivity contribution < 1.29 is 0 Å². The van der Waals surface area contributed by atoms with Gasteiger partial charge in [-0.3, -0.25) is 0 Å². The summed E-state index contributed by atoms with van der Waals surface area (Å²) in [5.74, 6) is 0.735. The summed E-state index contributed by atoms with van der Waals surface area (Å²) in [7, 11) is 0. The molecule has 0 bridgehead atoms. The Morgan fingerprint density at radius 2 is 2.00 bits per heavy atom. The fraction of sp³-hybridized carbons (Fsp3) is 0.0625. The standard InChI is InChI=1S/C16H12BrN3/c1-10-8-11(17)6-7-14(10)19-16-13(9-18)12-4-2-3-5-15(12)20-16/h2-8,19-20H,1H3. The van der Waals surface area contributed by atoms with Gasteiger partial charge in [0.2, 0.25) is 0 Å². The molecule has 3 nitrogen and oxygen atoms in total. The van der Waals surface area contributed by atoms with E-state index in [9.17, 15) is 5.26 Å². The Bertz CT molecular complexity index is 827. The van der Waals surface area contributed by atoms with Crippen LogP contribution in [-0.2, 0) is 0 Å². The molecule has 2 N–H and O–H groups in total. The lowest BCUT2D eigenvalue weighted by Crippen LogP contribution is -1.95. The number of nitrogens with one attached hydrogen (secondary N) is 2. The van der Waals surface area contributed by atoms with Crippen molar-refractivity contribution in [3.8, 4) is 6.07 Å². The van der Waals surface area contributed by atoms with Crippen LogP contribution in [0.2, 0.25) is 0 Å². The van der Waals surface area contributed by atoms with Crippen LogP contribution in [-0.4, -0.2) is 4.98 Å². The molecular weight excluding hydrogens is 314 g/mol. The van der Waals surface area contributed by atoms with Crippen LogP contribution in [0.5, 0.6) is 0 Å². The molecule has 1 aromatic heterocycles. The molecule has 0 fully saturated rings. The number of hydrogen-bond donors (Lipinski definition) is 2.